The monoisotopic (exact) mass is 523 g/mol. The van der Waals surface area contributed by atoms with Crippen LogP contribution in [0.25, 0.3) is 0 Å². The van der Waals surface area contributed by atoms with Gasteiger partial charge < -0.3 is 15.2 Å². The predicted octanol–water partition coefficient (Wildman–Crippen LogP) is 4.50. The Bertz CT molecular complexity index is 878. The highest BCUT2D eigenvalue weighted by Crippen LogP contribution is 2.10. The molecule has 5 nitrogen and oxygen atoms in total. The van der Waals surface area contributed by atoms with E-state index in [1.165, 1.54) is 16.7 Å². The smallest absolute Gasteiger partial charge is 0.191 e. The van der Waals surface area contributed by atoms with Gasteiger partial charge in [0.05, 0.1) is 12.9 Å². The van der Waals surface area contributed by atoms with Crippen molar-refractivity contribution in [3.63, 3.8) is 0 Å². The highest BCUT2D eigenvalue weighted by atomic mass is 127. The van der Waals surface area contributed by atoms with Crippen LogP contribution in [0, 0.1) is 0 Å². The lowest BCUT2D eigenvalue weighted by molar-refractivity contribution is 0.791. The van der Waals surface area contributed by atoms with Gasteiger partial charge in [-0.05, 0) is 42.2 Å². The average molecular weight is 524 g/mol. The first kappa shape index (κ1) is 23.2. The Morgan fingerprint density at radius 1 is 1.07 bits per heavy atom. The van der Waals surface area contributed by atoms with Crippen molar-refractivity contribution in [1.82, 2.24) is 20.2 Å². The molecule has 3 rings (SSSR count). The van der Waals surface area contributed by atoms with Gasteiger partial charge in [-0.2, -0.15) is 0 Å². The average Bonchev–Trinajstić information content (AvgIpc) is 3.21. The van der Waals surface area contributed by atoms with Crippen LogP contribution in [0.3, 0.4) is 0 Å². The molecule has 0 fully saturated rings. The van der Waals surface area contributed by atoms with Crippen molar-refractivity contribution in [3.8, 4) is 0 Å². The van der Waals surface area contributed by atoms with E-state index in [0.717, 1.165) is 37.0 Å². The molecular formula is C22H27ClIN5. The van der Waals surface area contributed by atoms with E-state index in [9.17, 15) is 0 Å². The molecule has 0 amide bonds. The van der Waals surface area contributed by atoms with Gasteiger partial charge >= 0.3 is 0 Å². The lowest BCUT2D eigenvalue weighted by Crippen LogP contribution is -2.38. The minimum atomic E-state index is 0. The fraction of sp³-hybridized carbons (Fsp3) is 0.273. The second-order valence-electron chi connectivity index (χ2n) is 6.55. The first-order valence-electron chi connectivity index (χ1n) is 9.53. The SMILES string of the molecule is CCNC(=NCc1cccc(Cn2ccnc2)c1)NCCc1ccc(Cl)cc1.I. The zero-order chi connectivity index (χ0) is 19.6. The number of rotatable bonds is 8. The standard InChI is InChI=1S/C22H26ClN5.HI/c1-2-25-22(26-11-10-18-6-8-21(23)9-7-18)27-15-19-4-3-5-20(14-19)16-28-13-12-24-17-28;/h3-9,12-14,17H,2,10-11,15-16H2,1H3,(H2,25,26,27);1H. The van der Waals surface area contributed by atoms with Crippen LogP contribution < -0.4 is 10.6 Å². The molecule has 3 aromatic rings. The molecule has 154 valence electrons. The molecule has 0 aliphatic carbocycles. The summed E-state index contributed by atoms with van der Waals surface area (Å²) in [5, 5.41) is 7.47. The van der Waals surface area contributed by atoms with Crippen molar-refractivity contribution in [2.24, 2.45) is 4.99 Å². The van der Waals surface area contributed by atoms with Crippen LogP contribution in [0.15, 0.2) is 72.2 Å². The highest BCUT2D eigenvalue weighted by molar-refractivity contribution is 14.0. The molecule has 0 aliphatic heterocycles. The van der Waals surface area contributed by atoms with Crippen molar-refractivity contribution in [2.45, 2.75) is 26.4 Å². The first-order chi connectivity index (χ1) is 13.7. The lowest BCUT2D eigenvalue weighted by Gasteiger charge is -2.12. The molecule has 0 atom stereocenters. The van der Waals surface area contributed by atoms with E-state index in [1.807, 2.05) is 24.7 Å². The number of imidazole rings is 1. The van der Waals surface area contributed by atoms with E-state index < -0.39 is 0 Å². The van der Waals surface area contributed by atoms with Gasteiger partial charge in [-0.15, -0.1) is 24.0 Å². The summed E-state index contributed by atoms with van der Waals surface area (Å²) >= 11 is 5.94. The number of aromatic nitrogens is 2. The molecule has 0 saturated carbocycles. The van der Waals surface area contributed by atoms with Gasteiger partial charge in [0.15, 0.2) is 5.96 Å². The van der Waals surface area contributed by atoms with E-state index in [0.29, 0.717) is 6.54 Å². The summed E-state index contributed by atoms with van der Waals surface area (Å²) in [4.78, 5) is 8.81. The van der Waals surface area contributed by atoms with E-state index in [2.05, 4.69) is 63.5 Å². The van der Waals surface area contributed by atoms with Crippen LogP contribution in [-0.2, 0) is 19.5 Å². The van der Waals surface area contributed by atoms with Crippen LogP contribution in [-0.4, -0.2) is 28.6 Å². The quantitative estimate of drug-likeness (QED) is 0.260. The molecule has 7 heteroatoms. The van der Waals surface area contributed by atoms with Crippen molar-refractivity contribution in [3.05, 3.63) is 89.0 Å². The molecular weight excluding hydrogens is 497 g/mol. The number of guanidine groups is 1. The van der Waals surface area contributed by atoms with Crippen LogP contribution in [0.4, 0.5) is 0 Å². The third-order valence-corrected chi connectivity index (χ3v) is 4.55. The Kier molecular flexibility index (Phi) is 10.0. The topological polar surface area (TPSA) is 54.2 Å². The van der Waals surface area contributed by atoms with Crippen molar-refractivity contribution in [2.75, 3.05) is 13.1 Å². The zero-order valence-corrected chi connectivity index (χ0v) is 19.6. The Morgan fingerprint density at radius 3 is 2.59 bits per heavy atom. The minimum absolute atomic E-state index is 0. The number of nitrogens with one attached hydrogen (secondary N) is 2. The van der Waals surface area contributed by atoms with Crippen LogP contribution in [0.1, 0.15) is 23.6 Å². The molecule has 29 heavy (non-hydrogen) atoms. The predicted molar refractivity (Wildman–Crippen MR) is 131 cm³/mol. The Morgan fingerprint density at radius 2 is 1.86 bits per heavy atom. The molecule has 0 spiro atoms. The molecule has 0 unspecified atom stereocenters. The summed E-state index contributed by atoms with van der Waals surface area (Å²) < 4.78 is 2.06. The van der Waals surface area contributed by atoms with Crippen molar-refractivity contribution in [1.29, 1.82) is 0 Å². The molecule has 0 aliphatic rings. The lowest BCUT2D eigenvalue weighted by atomic mass is 10.1. The van der Waals surface area contributed by atoms with E-state index in [4.69, 9.17) is 16.6 Å². The molecule has 1 heterocycles. The second kappa shape index (κ2) is 12.5. The van der Waals surface area contributed by atoms with E-state index in [1.54, 1.807) is 6.20 Å². The third kappa shape index (κ3) is 8.06. The van der Waals surface area contributed by atoms with Gasteiger partial charge in [0, 0.05) is 37.1 Å². The van der Waals surface area contributed by atoms with Gasteiger partial charge in [-0.3, -0.25) is 0 Å². The maximum atomic E-state index is 5.94. The number of hydrogen-bond donors (Lipinski definition) is 2. The summed E-state index contributed by atoms with van der Waals surface area (Å²) in [6.07, 6.45) is 6.52. The maximum absolute atomic E-state index is 5.94. The summed E-state index contributed by atoms with van der Waals surface area (Å²) in [7, 11) is 0. The van der Waals surface area contributed by atoms with Crippen molar-refractivity contribution >= 4 is 41.5 Å². The summed E-state index contributed by atoms with van der Waals surface area (Å²) in [6, 6.07) is 16.5. The summed E-state index contributed by atoms with van der Waals surface area (Å²) in [6.45, 7) is 5.16. The number of halogens is 2. The van der Waals surface area contributed by atoms with Gasteiger partial charge in [0.25, 0.3) is 0 Å². The van der Waals surface area contributed by atoms with Gasteiger partial charge in [0.1, 0.15) is 0 Å². The zero-order valence-electron chi connectivity index (χ0n) is 16.5. The fourth-order valence-electron chi connectivity index (χ4n) is 2.91. The van der Waals surface area contributed by atoms with E-state index in [-0.39, 0.29) is 24.0 Å². The van der Waals surface area contributed by atoms with Crippen molar-refractivity contribution < 1.29 is 0 Å². The molecule has 1 aromatic heterocycles. The van der Waals surface area contributed by atoms with Crippen LogP contribution in [0.5, 0.6) is 0 Å². The van der Waals surface area contributed by atoms with Gasteiger partial charge in [-0.25, -0.2) is 9.98 Å². The van der Waals surface area contributed by atoms with E-state index >= 15 is 0 Å². The first-order valence-corrected chi connectivity index (χ1v) is 9.91. The molecule has 0 bridgehead atoms. The summed E-state index contributed by atoms with van der Waals surface area (Å²) in [5.74, 6) is 0.830. The highest BCUT2D eigenvalue weighted by Gasteiger charge is 2.01. The number of aliphatic imine (C=N–C) groups is 1. The maximum Gasteiger partial charge on any atom is 0.191 e. The van der Waals surface area contributed by atoms with Crippen LogP contribution in [0.2, 0.25) is 5.02 Å². The van der Waals surface area contributed by atoms with Gasteiger partial charge in [0.2, 0.25) is 0 Å². The number of benzene rings is 2. The Labute approximate surface area is 194 Å². The molecule has 0 saturated heterocycles. The van der Waals surface area contributed by atoms with Gasteiger partial charge in [-0.1, -0.05) is 48.0 Å². The number of nitrogens with zero attached hydrogens (tertiary/aromatic N) is 3. The normalized spacial score (nSPS) is 11.0. The minimum Gasteiger partial charge on any atom is -0.357 e. The Balaban J connectivity index is 0.00000300. The molecule has 2 aromatic carbocycles. The Hall–Kier alpha value is -2.06. The largest absolute Gasteiger partial charge is 0.357 e. The molecule has 0 radical (unpaired) electrons. The molecule has 2 N–H and O–H groups in total. The fourth-order valence-corrected chi connectivity index (χ4v) is 3.03. The second-order valence-corrected chi connectivity index (χ2v) is 6.99. The number of hydrogen-bond acceptors (Lipinski definition) is 2. The summed E-state index contributed by atoms with van der Waals surface area (Å²) in [5.41, 5.74) is 3.68. The third-order valence-electron chi connectivity index (χ3n) is 4.30. The van der Waals surface area contributed by atoms with Crippen LogP contribution >= 0.6 is 35.6 Å².